The van der Waals surface area contributed by atoms with E-state index < -0.39 is 29.1 Å². The summed E-state index contributed by atoms with van der Waals surface area (Å²) in [5.41, 5.74) is -1.61. The zero-order valence-corrected chi connectivity index (χ0v) is 15.9. The molecule has 0 radical (unpaired) electrons. The fourth-order valence-corrected chi connectivity index (χ4v) is 3.29. The number of aliphatic hydroxyl groups is 1. The fourth-order valence-electron chi connectivity index (χ4n) is 3.29. The number of ether oxygens (including phenoxy) is 2. The molecule has 1 heterocycles. The van der Waals surface area contributed by atoms with Crippen LogP contribution in [0.4, 0.5) is 0 Å². The third kappa shape index (κ3) is 3.43. The van der Waals surface area contributed by atoms with Crippen LogP contribution in [0.2, 0.25) is 0 Å². The van der Waals surface area contributed by atoms with E-state index in [1.165, 1.54) is 6.08 Å². The number of hydrogen-bond donors (Lipinski definition) is 1. The second kappa shape index (κ2) is 6.79. The maximum Gasteiger partial charge on any atom is 0.307 e. The van der Waals surface area contributed by atoms with Gasteiger partial charge in [0.25, 0.3) is 0 Å². The van der Waals surface area contributed by atoms with Gasteiger partial charge in [-0.2, -0.15) is 0 Å². The Hall–Kier alpha value is -1.88. The number of carbonyl (C=O) groups excluding carboxylic acids is 2. The quantitative estimate of drug-likeness (QED) is 0.790. The Kier molecular flexibility index (Phi) is 5.28. The highest BCUT2D eigenvalue weighted by Crippen LogP contribution is 2.49. The molecule has 1 N–H and O–H groups in total. The van der Waals surface area contributed by atoms with E-state index in [1.807, 2.05) is 40.7 Å². The van der Waals surface area contributed by atoms with Crippen molar-refractivity contribution >= 4 is 11.8 Å². The topological polar surface area (TPSA) is 72.8 Å². The van der Waals surface area contributed by atoms with Crippen LogP contribution in [0.5, 0.6) is 0 Å². The van der Waals surface area contributed by atoms with E-state index in [0.717, 1.165) is 11.1 Å². The normalized spacial score (nSPS) is 33.0. The Labute approximate surface area is 149 Å². The monoisotopic (exact) mass is 348 g/mol. The van der Waals surface area contributed by atoms with E-state index in [1.54, 1.807) is 13.0 Å². The Bertz CT molecular complexity index is 666. The third-order valence-corrected chi connectivity index (χ3v) is 4.65. The molecule has 2 rings (SSSR count). The summed E-state index contributed by atoms with van der Waals surface area (Å²) >= 11 is 0. The number of ketones is 1. The van der Waals surface area contributed by atoms with Gasteiger partial charge in [0.2, 0.25) is 11.2 Å². The van der Waals surface area contributed by atoms with Crippen LogP contribution in [0.25, 0.3) is 0 Å². The molecule has 1 aliphatic carbocycles. The molecule has 0 aromatic rings. The smallest absolute Gasteiger partial charge is 0.307 e. The second-order valence-corrected chi connectivity index (χ2v) is 7.81. The van der Waals surface area contributed by atoms with Gasteiger partial charge in [0.1, 0.15) is 11.9 Å². The van der Waals surface area contributed by atoms with E-state index in [-0.39, 0.29) is 12.3 Å². The van der Waals surface area contributed by atoms with E-state index in [9.17, 15) is 14.7 Å². The van der Waals surface area contributed by atoms with Gasteiger partial charge in [0.05, 0.1) is 0 Å². The van der Waals surface area contributed by atoms with Crippen LogP contribution < -0.4 is 0 Å². The van der Waals surface area contributed by atoms with Gasteiger partial charge in [0, 0.05) is 12.8 Å². The lowest BCUT2D eigenvalue weighted by Crippen LogP contribution is -2.62. The maximum absolute atomic E-state index is 12.7. The second-order valence-electron chi connectivity index (χ2n) is 7.81. The van der Waals surface area contributed by atoms with Crippen LogP contribution in [0.15, 0.2) is 35.1 Å². The average molecular weight is 348 g/mol. The number of allylic oxidation sites excluding steroid dienone is 3. The number of rotatable bonds is 4. The van der Waals surface area contributed by atoms with E-state index in [0.29, 0.717) is 12.2 Å². The minimum Gasteiger partial charge on any atom is -0.486 e. The fraction of sp³-hybridized carbons (Fsp3) is 0.600. The van der Waals surface area contributed by atoms with Crippen molar-refractivity contribution in [1.82, 2.24) is 0 Å². The van der Waals surface area contributed by atoms with Gasteiger partial charge in [-0.3, -0.25) is 9.59 Å². The van der Waals surface area contributed by atoms with Gasteiger partial charge in [0.15, 0.2) is 5.78 Å². The van der Waals surface area contributed by atoms with Crippen molar-refractivity contribution in [3.63, 3.8) is 0 Å². The minimum absolute atomic E-state index is 0.110. The summed E-state index contributed by atoms with van der Waals surface area (Å²) in [4.78, 5) is 25.0. The lowest BCUT2D eigenvalue weighted by Gasteiger charge is -2.38. The van der Waals surface area contributed by atoms with Gasteiger partial charge in [-0.1, -0.05) is 31.1 Å². The molecule has 5 heteroatoms. The molecule has 3 atom stereocenters. The van der Waals surface area contributed by atoms with E-state index in [2.05, 4.69) is 0 Å². The highest BCUT2D eigenvalue weighted by atomic mass is 16.6. The predicted molar refractivity (Wildman–Crippen MR) is 94.7 cm³/mol. The Morgan fingerprint density at radius 1 is 1.48 bits per heavy atom. The Morgan fingerprint density at radius 2 is 2.12 bits per heavy atom. The molecule has 0 aromatic carbocycles. The first kappa shape index (κ1) is 19.4. The summed E-state index contributed by atoms with van der Waals surface area (Å²) in [6.07, 6.45) is 4.75. The van der Waals surface area contributed by atoms with Crippen LogP contribution in [0.3, 0.4) is 0 Å². The summed E-state index contributed by atoms with van der Waals surface area (Å²) in [5.74, 6) is -0.535. The van der Waals surface area contributed by atoms with Crippen molar-refractivity contribution in [3.8, 4) is 0 Å². The highest BCUT2D eigenvalue weighted by molar-refractivity contribution is 6.01. The first-order valence-corrected chi connectivity index (χ1v) is 8.68. The zero-order chi connectivity index (χ0) is 19.0. The van der Waals surface area contributed by atoms with Gasteiger partial charge < -0.3 is 14.6 Å². The molecular formula is C20H28O5. The van der Waals surface area contributed by atoms with Gasteiger partial charge in [-0.05, 0) is 45.8 Å². The average Bonchev–Trinajstić information content (AvgIpc) is 2.66. The summed E-state index contributed by atoms with van der Waals surface area (Å²) in [6.45, 7) is 11.0. The van der Waals surface area contributed by atoms with Crippen LogP contribution in [-0.2, 0) is 19.1 Å². The van der Waals surface area contributed by atoms with Crippen molar-refractivity contribution in [2.45, 2.75) is 71.7 Å². The molecule has 0 saturated carbocycles. The number of esters is 1. The van der Waals surface area contributed by atoms with E-state index in [4.69, 9.17) is 9.47 Å². The Balaban J connectivity index is 2.50. The number of fused-ring (bicyclic) bond motifs is 1. The molecule has 0 bridgehead atoms. The van der Waals surface area contributed by atoms with Crippen molar-refractivity contribution in [3.05, 3.63) is 35.1 Å². The molecule has 138 valence electrons. The van der Waals surface area contributed by atoms with Crippen molar-refractivity contribution in [2.75, 3.05) is 0 Å². The summed E-state index contributed by atoms with van der Waals surface area (Å²) in [7, 11) is 0. The molecule has 0 amide bonds. The summed E-state index contributed by atoms with van der Waals surface area (Å²) in [5, 5.41) is 11.3. The third-order valence-electron chi connectivity index (χ3n) is 4.65. The number of hydrogen-bond acceptors (Lipinski definition) is 5. The molecule has 0 spiro atoms. The van der Waals surface area contributed by atoms with Crippen LogP contribution in [0, 0.1) is 5.92 Å². The highest BCUT2D eigenvalue weighted by Gasteiger charge is 2.69. The zero-order valence-electron chi connectivity index (χ0n) is 15.9. The molecule has 2 aliphatic rings. The molecule has 25 heavy (non-hydrogen) atoms. The standard InChI is InChI=1S/C20H28O5/c1-12(2)7-8-16-19(6,25-18(22)9-13(3)4)20(23)15(21)10-14(5)11-17(20)24-16/h7-8,10,13,17,23H,9,11H2,1-6H3/b16-8-. The van der Waals surface area contributed by atoms with Gasteiger partial charge >= 0.3 is 5.97 Å². The molecule has 3 unspecified atom stereocenters. The minimum atomic E-state index is -1.92. The van der Waals surface area contributed by atoms with Gasteiger partial charge in [-0.25, -0.2) is 0 Å². The molecule has 1 fully saturated rings. The van der Waals surface area contributed by atoms with Crippen molar-refractivity contribution in [1.29, 1.82) is 0 Å². The molecular weight excluding hydrogens is 320 g/mol. The SMILES string of the molecule is CC(C)=C/C=C1\OC2CC(C)=CC(=O)C2(O)C1(C)OC(=O)CC(C)C. The van der Waals surface area contributed by atoms with Crippen LogP contribution in [-0.4, -0.2) is 34.2 Å². The Morgan fingerprint density at radius 3 is 2.68 bits per heavy atom. The van der Waals surface area contributed by atoms with Crippen molar-refractivity contribution < 1.29 is 24.2 Å². The summed E-state index contributed by atoms with van der Waals surface area (Å²) < 4.78 is 11.6. The van der Waals surface area contributed by atoms with Crippen molar-refractivity contribution in [2.24, 2.45) is 5.92 Å². The van der Waals surface area contributed by atoms with Gasteiger partial charge in [-0.15, -0.1) is 0 Å². The molecule has 1 aliphatic heterocycles. The first-order chi connectivity index (χ1) is 11.5. The largest absolute Gasteiger partial charge is 0.486 e. The number of carbonyl (C=O) groups is 2. The molecule has 5 nitrogen and oxygen atoms in total. The molecule has 1 saturated heterocycles. The maximum atomic E-state index is 12.7. The summed E-state index contributed by atoms with van der Waals surface area (Å²) in [6, 6.07) is 0. The van der Waals surface area contributed by atoms with Crippen LogP contribution >= 0.6 is 0 Å². The lowest BCUT2D eigenvalue weighted by atomic mass is 9.72. The van der Waals surface area contributed by atoms with E-state index >= 15 is 0 Å². The predicted octanol–water partition coefficient (Wildman–Crippen LogP) is 3.23. The molecule has 0 aromatic heterocycles. The lowest BCUT2D eigenvalue weighted by molar-refractivity contribution is -0.183. The van der Waals surface area contributed by atoms with Crippen LogP contribution in [0.1, 0.15) is 54.4 Å². The first-order valence-electron chi connectivity index (χ1n) is 8.68.